The van der Waals surface area contributed by atoms with Crippen molar-refractivity contribution in [2.45, 2.75) is 39.2 Å². The van der Waals surface area contributed by atoms with E-state index in [2.05, 4.69) is 98.0 Å². The van der Waals surface area contributed by atoms with Crippen molar-refractivity contribution in [2.75, 3.05) is 0 Å². The fraction of sp³-hybridized carbons (Fsp3) is 0.409. The molecule has 1 nitrogen and oxygen atoms in total. The van der Waals surface area contributed by atoms with Crippen molar-refractivity contribution in [3.8, 4) is 0 Å². The Kier molecular flexibility index (Phi) is 3.87. The minimum Gasteiger partial charge on any atom is -0.278 e. The highest BCUT2D eigenvalue weighted by atomic mass is 127. The lowest BCUT2D eigenvalue weighted by Crippen LogP contribution is -2.52. The largest absolute Gasteiger partial charge is 0.278 e. The molecule has 0 bridgehead atoms. The average Bonchev–Trinajstić information content (AvgIpc) is 2.61. The molecule has 1 heterocycles. The summed E-state index contributed by atoms with van der Waals surface area (Å²) in [6.07, 6.45) is 22.8. The Morgan fingerprint density at radius 3 is 2.71 bits per heavy atom. The highest BCUT2D eigenvalue weighted by molar-refractivity contribution is 14.1. The lowest BCUT2D eigenvalue weighted by atomic mass is 9.54. The zero-order valence-electron chi connectivity index (χ0n) is 14.6. The Morgan fingerprint density at radius 2 is 2.00 bits per heavy atom. The van der Waals surface area contributed by atoms with Crippen molar-refractivity contribution >= 4 is 28.3 Å². The molecule has 4 unspecified atom stereocenters. The minimum absolute atomic E-state index is 0.0516. The van der Waals surface area contributed by atoms with Gasteiger partial charge in [0, 0.05) is 23.0 Å². The van der Waals surface area contributed by atoms with E-state index in [0.717, 1.165) is 12.8 Å². The number of aliphatic imine (C=N–C) groups is 1. The molecule has 0 aromatic heterocycles. The van der Waals surface area contributed by atoms with Crippen LogP contribution in [0.1, 0.15) is 33.6 Å². The normalized spacial score (nSPS) is 39.2. The fourth-order valence-electron chi connectivity index (χ4n) is 4.38. The van der Waals surface area contributed by atoms with Gasteiger partial charge in [-0.25, -0.2) is 0 Å². The summed E-state index contributed by atoms with van der Waals surface area (Å²) in [5, 5.41) is 0. The molecule has 0 saturated carbocycles. The van der Waals surface area contributed by atoms with Crippen LogP contribution in [-0.2, 0) is 0 Å². The molecule has 24 heavy (non-hydrogen) atoms. The minimum atomic E-state index is -0.0755. The number of rotatable bonds is 3. The number of dihydropyridines is 1. The van der Waals surface area contributed by atoms with Gasteiger partial charge in [-0.05, 0) is 70.9 Å². The molecule has 0 aromatic rings. The number of fused-ring (bicyclic) bond motifs is 4. The monoisotopic (exact) mass is 429 g/mol. The van der Waals surface area contributed by atoms with Crippen molar-refractivity contribution in [3.05, 3.63) is 69.4 Å². The Hall–Kier alpha value is -1.16. The third kappa shape index (κ3) is 2.22. The standard InChI is InChI=1S/C22H24IN/c1-4-16(23)10-12-19-20-17-8-6-5-7-15(17)9-11-18(20)21(2)13-14-22(21,3)24-19/h4-9,11,13-15,17H,10,12H2,1-3H3/b16-4+. The Bertz CT molecular complexity index is 789. The molecule has 0 N–H and O–H groups in total. The Morgan fingerprint density at radius 1 is 1.21 bits per heavy atom. The smallest absolute Gasteiger partial charge is 0.0891 e. The van der Waals surface area contributed by atoms with Crippen molar-refractivity contribution in [1.29, 1.82) is 0 Å². The summed E-state index contributed by atoms with van der Waals surface area (Å²) in [7, 11) is 0. The summed E-state index contributed by atoms with van der Waals surface area (Å²) in [5.41, 5.74) is 4.29. The molecule has 0 fully saturated rings. The average molecular weight is 429 g/mol. The van der Waals surface area contributed by atoms with Gasteiger partial charge in [0.1, 0.15) is 0 Å². The molecule has 4 aliphatic rings. The molecule has 2 heteroatoms. The number of hydrogen-bond acceptors (Lipinski definition) is 1. The van der Waals surface area contributed by atoms with Crippen LogP contribution in [0.5, 0.6) is 0 Å². The van der Waals surface area contributed by atoms with Crippen LogP contribution in [0.3, 0.4) is 0 Å². The first kappa shape index (κ1) is 16.3. The molecule has 0 amide bonds. The van der Waals surface area contributed by atoms with E-state index in [0.29, 0.717) is 11.8 Å². The third-order valence-corrected chi connectivity index (χ3v) is 7.39. The zero-order chi connectivity index (χ0) is 16.9. The van der Waals surface area contributed by atoms with Gasteiger partial charge in [-0.1, -0.05) is 54.7 Å². The number of nitrogens with zero attached hydrogens (tertiary/aromatic N) is 1. The van der Waals surface area contributed by atoms with Crippen LogP contribution in [0.25, 0.3) is 0 Å². The first-order chi connectivity index (χ1) is 11.5. The molecule has 0 saturated heterocycles. The summed E-state index contributed by atoms with van der Waals surface area (Å²) < 4.78 is 1.42. The molecular weight excluding hydrogens is 405 g/mol. The van der Waals surface area contributed by atoms with Crippen LogP contribution in [0, 0.1) is 17.3 Å². The van der Waals surface area contributed by atoms with E-state index in [1.807, 2.05) is 0 Å². The van der Waals surface area contributed by atoms with E-state index >= 15 is 0 Å². The highest BCUT2D eigenvalue weighted by Gasteiger charge is 2.54. The summed E-state index contributed by atoms with van der Waals surface area (Å²) >= 11 is 2.45. The molecule has 124 valence electrons. The van der Waals surface area contributed by atoms with E-state index in [9.17, 15) is 0 Å². The van der Waals surface area contributed by atoms with Crippen LogP contribution in [-0.4, -0.2) is 11.3 Å². The summed E-state index contributed by atoms with van der Waals surface area (Å²) in [4.78, 5) is 5.28. The molecule has 0 radical (unpaired) electrons. The van der Waals surface area contributed by atoms with Gasteiger partial charge < -0.3 is 0 Å². The van der Waals surface area contributed by atoms with Crippen molar-refractivity contribution in [3.63, 3.8) is 0 Å². The molecule has 1 aliphatic heterocycles. The van der Waals surface area contributed by atoms with Gasteiger partial charge in [-0.3, -0.25) is 4.99 Å². The quantitative estimate of drug-likeness (QED) is 0.379. The first-order valence-corrected chi connectivity index (χ1v) is 9.94. The van der Waals surface area contributed by atoms with Crippen LogP contribution >= 0.6 is 22.6 Å². The molecule has 3 aliphatic carbocycles. The second kappa shape index (κ2) is 5.69. The number of halogens is 1. The molecular formula is C22H24IN. The predicted molar refractivity (Wildman–Crippen MR) is 112 cm³/mol. The SMILES string of the molecule is C/C=C(/I)CCC1=NC2(C)C=CC2(C)C2=C1C1C=CC=CC1C=C2. The highest BCUT2D eigenvalue weighted by Crippen LogP contribution is 2.57. The fourth-order valence-corrected chi connectivity index (χ4v) is 4.65. The van der Waals surface area contributed by atoms with Gasteiger partial charge >= 0.3 is 0 Å². The third-order valence-electron chi connectivity index (χ3n) is 6.23. The van der Waals surface area contributed by atoms with Crippen LogP contribution in [0.15, 0.2) is 74.4 Å². The van der Waals surface area contributed by atoms with E-state index in [1.54, 1.807) is 0 Å². The second-order valence-electron chi connectivity index (χ2n) is 7.54. The maximum Gasteiger partial charge on any atom is 0.0891 e. The van der Waals surface area contributed by atoms with Gasteiger partial charge in [0.2, 0.25) is 0 Å². The summed E-state index contributed by atoms with van der Waals surface area (Å²) in [5.74, 6) is 0.934. The van der Waals surface area contributed by atoms with Crippen LogP contribution < -0.4 is 0 Å². The van der Waals surface area contributed by atoms with Crippen molar-refractivity contribution < 1.29 is 0 Å². The molecule has 0 aromatic carbocycles. The van der Waals surface area contributed by atoms with E-state index in [-0.39, 0.29) is 11.0 Å². The maximum absolute atomic E-state index is 5.28. The predicted octanol–water partition coefficient (Wildman–Crippen LogP) is 6.12. The first-order valence-electron chi connectivity index (χ1n) is 8.86. The Balaban J connectivity index is 1.80. The van der Waals surface area contributed by atoms with Crippen LogP contribution in [0.4, 0.5) is 0 Å². The number of hydrogen-bond donors (Lipinski definition) is 0. The van der Waals surface area contributed by atoms with Gasteiger partial charge in [0.05, 0.1) is 5.54 Å². The number of allylic oxidation sites excluding steroid dienone is 9. The van der Waals surface area contributed by atoms with Gasteiger partial charge in [0.15, 0.2) is 0 Å². The van der Waals surface area contributed by atoms with Crippen molar-refractivity contribution in [1.82, 2.24) is 0 Å². The zero-order valence-corrected chi connectivity index (χ0v) is 16.7. The lowest BCUT2D eigenvalue weighted by molar-refractivity contribution is 0.283. The van der Waals surface area contributed by atoms with Gasteiger partial charge in [0.25, 0.3) is 0 Å². The van der Waals surface area contributed by atoms with E-state index in [4.69, 9.17) is 4.99 Å². The lowest BCUT2D eigenvalue weighted by Gasteiger charge is -2.54. The molecule has 4 atom stereocenters. The van der Waals surface area contributed by atoms with Crippen LogP contribution in [0.2, 0.25) is 0 Å². The maximum atomic E-state index is 5.28. The van der Waals surface area contributed by atoms with Gasteiger partial charge in [-0.15, -0.1) is 0 Å². The Labute approximate surface area is 158 Å². The van der Waals surface area contributed by atoms with Crippen molar-refractivity contribution in [2.24, 2.45) is 22.2 Å². The van der Waals surface area contributed by atoms with Gasteiger partial charge in [-0.2, -0.15) is 0 Å². The second-order valence-corrected chi connectivity index (χ2v) is 8.92. The van der Waals surface area contributed by atoms with E-state index in [1.165, 1.54) is 20.4 Å². The topological polar surface area (TPSA) is 12.4 Å². The molecule has 0 spiro atoms. The van der Waals surface area contributed by atoms with E-state index < -0.39 is 0 Å². The molecule has 4 rings (SSSR count). The summed E-state index contributed by atoms with van der Waals surface area (Å²) in [6.45, 7) is 6.76. The summed E-state index contributed by atoms with van der Waals surface area (Å²) in [6, 6.07) is 0.